The Kier molecular flexibility index (Phi) is 0.986. The molecule has 10 heavy (non-hydrogen) atoms. The van der Waals surface area contributed by atoms with Crippen LogP contribution in [-0.4, -0.2) is 0 Å². The zero-order chi connectivity index (χ0) is 7.14. The van der Waals surface area contributed by atoms with Gasteiger partial charge >= 0.3 is 0 Å². The number of hydrogen-bond acceptors (Lipinski definition) is 0. The maximum absolute atomic E-state index is 2.24. The normalized spacial score (nSPS) is 21.4. The van der Waals surface area contributed by atoms with Gasteiger partial charge in [0.2, 0.25) is 0 Å². The zero-order valence-electron chi connectivity index (χ0n) is 6.31. The molecule has 0 saturated heterocycles. The van der Waals surface area contributed by atoms with Gasteiger partial charge in [-0.15, -0.1) is 0 Å². The standard InChI is InChI=1S/C10H10/c1-7-6-8(2)10-5-3-4-9(7)10/h3-6H,1-2H3. The van der Waals surface area contributed by atoms with E-state index in [1.807, 2.05) is 0 Å². The number of rotatable bonds is 0. The first-order valence-corrected chi connectivity index (χ1v) is 3.57. The largest absolute Gasteiger partial charge is 0.0610 e. The summed E-state index contributed by atoms with van der Waals surface area (Å²) in [5.41, 5.74) is 5.63. The second kappa shape index (κ2) is 1.72. The molecule has 0 N–H and O–H groups in total. The van der Waals surface area contributed by atoms with E-state index >= 15 is 0 Å². The van der Waals surface area contributed by atoms with Crippen molar-refractivity contribution < 1.29 is 0 Å². The van der Waals surface area contributed by atoms with Crippen LogP contribution >= 0.6 is 0 Å². The van der Waals surface area contributed by atoms with E-state index < -0.39 is 0 Å². The molecule has 0 saturated carbocycles. The van der Waals surface area contributed by atoms with E-state index in [9.17, 15) is 0 Å². The summed E-state index contributed by atoms with van der Waals surface area (Å²) in [5, 5.41) is 0. The highest BCUT2D eigenvalue weighted by Crippen LogP contribution is 2.34. The van der Waals surface area contributed by atoms with Gasteiger partial charge in [-0.05, 0) is 36.1 Å². The molecule has 0 radical (unpaired) electrons. The van der Waals surface area contributed by atoms with Crippen LogP contribution in [-0.2, 0) is 0 Å². The minimum Gasteiger partial charge on any atom is -0.0610 e. The van der Waals surface area contributed by atoms with Crippen LogP contribution < -0.4 is 0 Å². The molecule has 0 amide bonds. The van der Waals surface area contributed by atoms with Gasteiger partial charge in [-0.1, -0.05) is 24.3 Å². The van der Waals surface area contributed by atoms with Crippen LogP contribution in [0, 0.1) is 0 Å². The molecular formula is C10H10. The minimum atomic E-state index is 1.40. The van der Waals surface area contributed by atoms with E-state index in [2.05, 4.69) is 38.2 Å². The quantitative estimate of drug-likeness (QED) is 0.473. The highest BCUT2D eigenvalue weighted by molar-refractivity contribution is 5.66. The van der Waals surface area contributed by atoms with Gasteiger partial charge in [0.05, 0.1) is 0 Å². The lowest BCUT2D eigenvalue weighted by Gasteiger charge is -1.95. The summed E-state index contributed by atoms with van der Waals surface area (Å²) in [6, 6.07) is 0. The summed E-state index contributed by atoms with van der Waals surface area (Å²) < 4.78 is 0. The molecule has 50 valence electrons. The van der Waals surface area contributed by atoms with Crippen LogP contribution in [0.25, 0.3) is 0 Å². The predicted molar refractivity (Wildman–Crippen MR) is 43.7 cm³/mol. The van der Waals surface area contributed by atoms with Gasteiger partial charge in [0.25, 0.3) is 0 Å². The van der Waals surface area contributed by atoms with E-state index in [1.54, 1.807) is 0 Å². The molecule has 0 heterocycles. The van der Waals surface area contributed by atoms with Gasteiger partial charge in [0.1, 0.15) is 0 Å². The van der Waals surface area contributed by atoms with Crippen LogP contribution in [0.2, 0.25) is 0 Å². The van der Waals surface area contributed by atoms with E-state index in [1.165, 1.54) is 22.3 Å². The molecule has 0 spiro atoms. The first-order chi connectivity index (χ1) is 4.79. The molecule has 0 fully saturated rings. The van der Waals surface area contributed by atoms with Crippen molar-refractivity contribution in [3.63, 3.8) is 0 Å². The molecule has 0 aromatic rings. The zero-order valence-corrected chi connectivity index (χ0v) is 6.31. The second-order valence-electron chi connectivity index (χ2n) is 2.86. The summed E-state index contributed by atoms with van der Waals surface area (Å²) in [5.74, 6) is 0. The van der Waals surface area contributed by atoms with Gasteiger partial charge in [-0.2, -0.15) is 0 Å². The topological polar surface area (TPSA) is 0 Å². The molecule has 0 aromatic heterocycles. The van der Waals surface area contributed by atoms with Crippen molar-refractivity contribution in [3.8, 4) is 0 Å². The van der Waals surface area contributed by atoms with Crippen LogP contribution in [0.1, 0.15) is 13.8 Å². The molecule has 0 heteroatoms. The van der Waals surface area contributed by atoms with E-state index in [-0.39, 0.29) is 0 Å². The Morgan fingerprint density at radius 2 is 2.00 bits per heavy atom. The van der Waals surface area contributed by atoms with Crippen LogP contribution in [0.4, 0.5) is 0 Å². The summed E-state index contributed by atoms with van der Waals surface area (Å²) in [6.45, 7) is 4.32. The monoisotopic (exact) mass is 130 g/mol. The molecule has 0 bridgehead atoms. The van der Waals surface area contributed by atoms with Gasteiger partial charge in [-0.25, -0.2) is 0 Å². The molecule has 2 aliphatic rings. The van der Waals surface area contributed by atoms with Crippen molar-refractivity contribution in [2.75, 3.05) is 0 Å². The third-order valence-corrected chi connectivity index (χ3v) is 2.10. The summed E-state index contributed by atoms with van der Waals surface area (Å²) in [7, 11) is 0. The summed E-state index contributed by atoms with van der Waals surface area (Å²) >= 11 is 0. The average Bonchev–Trinajstić information content (AvgIpc) is 2.39. The van der Waals surface area contributed by atoms with Gasteiger partial charge in [0.15, 0.2) is 0 Å². The lowest BCUT2D eigenvalue weighted by Crippen LogP contribution is -1.77. The molecule has 2 rings (SSSR count). The van der Waals surface area contributed by atoms with Crippen molar-refractivity contribution in [3.05, 3.63) is 46.6 Å². The molecule has 0 aliphatic heterocycles. The SMILES string of the molecule is CC1=CC(C)=C2C=CC=C12. The van der Waals surface area contributed by atoms with Crippen LogP contribution in [0.3, 0.4) is 0 Å². The number of allylic oxidation sites excluding steroid dienone is 8. The fourth-order valence-electron chi connectivity index (χ4n) is 1.59. The van der Waals surface area contributed by atoms with Gasteiger partial charge < -0.3 is 0 Å². The molecule has 0 aromatic carbocycles. The van der Waals surface area contributed by atoms with Crippen molar-refractivity contribution in [2.24, 2.45) is 0 Å². The first-order valence-electron chi connectivity index (χ1n) is 3.57. The fourth-order valence-corrected chi connectivity index (χ4v) is 1.59. The average molecular weight is 130 g/mol. The predicted octanol–water partition coefficient (Wildman–Crippen LogP) is 2.76. The Labute approximate surface area is 61.3 Å². The lowest BCUT2D eigenvalue weighted by atomic mass is 10.1. The van der Waals surface area contributed by atoms with Crippen molar-refractivity contribution in [1.29, 1.82) is 0 Å². The molecule has 2 aliphatic carbocycles. The highest BCUT2D eigenvalue weighted by atomic mass is 14.2. The minimum absolute atomic E-state index is 1.40. The second-order valence-corrected chi connectivity index (χ2v) is 2.86. The summed E-state index contributed by atoms with van der Waals surface area (Å²) in [6.07, 6.45) is 8.71. The molecule has 0 nitrogen and oxygen atoms in total. The number of hydrogen-bond donors (Lipinski definition) is 0. The Hall–Kier alpha value is -1.04. The van der Waals surface area contributed by atoms with Crippen LogP contribution in [0.15, 0.2) is 46.6 Å². The van der Waals surface area contributed by atoms with E-state index in [0.717, 1.165) is 0 Å². The molecule has 0 atom stereocenters. The maximum Gasteiger partial charge on any atom is -0.0152 e. The van der Waals surface area contributed by atoms with Crippen molar-refractivity contribution in [2.45, 2.75) is 13.8 Å². The first kappa shape index (κ1) is 5.72. The van der Waals surface area contributed by atoms with Crippen LogP contribution in [0.5, 0.6) is 0 Å². The Morgan fingerprint density at radius 3 is 2.70 bits per heavy atom. The van der Waals surface area contributed by atoms with Gasteiger partial charge in [0, 0.05) is 0 Å². The lowest BCUT2D eigenvalue weighted by molar-refractivity contribution is 1.46. The number of fused-ring (bicyclic) bond motifs is 1. The molecule has 0 unspecified atom stereocenters. The third kappa shape index (κ3) is 0.563. The third-order valence-electron chi connectivity index (χ3n) is 2.10. The smallest absolute Gasteiger partial charge is 0.0152 e. The highest BCUT2D eigenvalue weighted by Gasteiger charge is 2.15. The Balaban J connectivity index is 2.59. The van der Waals surface area contributed by atoms with E-state index in [4.69, 9.17) is 0 Å². The Morgan fingerprint density at radius 1 is 1.20 bits per heavy atom. The maximum atomic E-state index is 2.24. The molecular weight excluding hydrogens is 120 g/mol. The fraction of sp³-hybridized carbons (Fsp3) is 0.200. The van der Waals surface area contributed by atoms with E-state index in [0.29, 0.717) is 0 Å². The van der Waals surface area contributed by atoms with Gasteiger partial charge in [-0.3, -0.25) is 0 Å². The van der Waals surface area contributed by atoms with Crippen molar-refractivity contribution in [1.82, 2.24) is 0 Å². The van der Waals surface area contributed by atoms with Crippen molar-refractivity contribution >= 4 is 0 Å². The Bertz CT molecular complexity index is 289. The summed E-state index contributed by atoms with van der Waals surface area (Å²) in [4.78, 5) is 0.